The lowest BCUT2D eigenvalue weighted by molar-refractivity contribution is -0.118. The Morgan fingerprint density at radius 1 is 1.67 bits per heavy atom. The van der Waals surface area contributed by atoms with Crippen LogP contribution in [0.2, 0.25) is 0 Å². The predicted octanol–water partition coefficient (Wildman–Crippen LogP) is 1.69. The van der Waals surface area contributed by atoms with Gasteiger partial charge in [-0.2, -0.15) is 0 Å². The molecule has 0 saturated heterocycles. The first-order chi connectivity index (χ1) is 5.86. The van der Waals surface area contributed by atoms with Crippen LogP contribution in [0, 0.1) is 0 Å². The first-order valence-corrected chi connectivity index (χ1v) is 4.48. The van der Waals surface area contributed by atoms with Crippen LogP contribution in [0.4, 0.5) is 0 Å². The van der Waals surface area contributed by atoms with Gasteiger partial charge in [-0.1, -0.05) is 0 Å². The molecule has 2 heterocycles. The lowest BCUT2D eigenvalue weighted by Gasteiger charge is -2.15. The van der Waals surface area contributed by atoms with Crippen molar-refractivity contribution in [3.8, 4) is 0 Å². The molecule has 1 aromatic heterocycles. The Hall–Kier alpha value is -1.16. The first kappa shape index (κ1) is 7.49. The molecule has 1 atom stereocenters. The fourth-order valence-corrected chi connectivity index (χ4v) is 1.72. The fraction of sp³-hybridized carbons (Fsp3) is 0.250. The highest BCUT2D eigenvalue weighted by Crippen LogP contribution is 2.26. The largest absolute Gasteiger partial charge is 0.490 e. The van der Waals surface area contributed by atoms with E-state index in [4.69, 9.17) is 4.74 Å². The number of rotatable bonds is 1. The van der Waals surface area contributed by atoms with Crippen molar-refractivity contribution in [2.45, 2.75) is 12.5 Å². The highest BCUT2D eigenvalue weighted by molar-refractivity contribution is 7.09. The number of allylic oxidation sites excluding steroid dienone is 1. The summed E-state index contributed by atoms with van der Waals surface area (Å²) in [5.74, 6) is 0.0986. The van der Waals surface area contributed by atoms with E-state index in [0.29, 0.717) is 6.42 Å². The van der Waals surface area contributed by atoms with E-state index in [1.54, 1.807) is 6.20 Å². The number of ketones is 1. The van der Waals surface area contributed by atoms with Gasteiger partial charge in [0.2, 0.25) is 0 Å². The van der Waals surface area contributed by atoms with E-state index < -0.39 is 0 Å². The average molecular weight is 181 g/mol. The minimum Gasteiger partial charge on any atom is -0.490 e. The summed E-state index contributed by atoms with van der Waals surface area (Å²) in [6, 6.07) is 0. The summed E-state index contributed by atoms with van der Waals surface area (Å²) in [7, 11) is 0. The van der Waals surface area contributed by atoms with E-state index in [-0.39, 0.29) is 11.9 Å². The molecule has 0 aromatic carbocycles. The van der Waals surface area contributed by atoms with Gasteiger partial charge in [-0.25, -0.2) is 4.98 Å². The van der Waals surface area contributed by atoms with Gasteiger partial charge in [0.1, 0.15) is 5.01 Å². The maximum atomic E-state index is 11.0. The van der Waals surface area contributed by atoms with E-state index in [9.17, 15) is 4.79 Å². The molecule has 0 N–H and O–H groups in total. The second kappa shape index (κ2) is 3.06. The average Bonchev–Trinajstić information content (AvgIpc) is 2.56. The molecule has 1 aliphatic rings. The zero-order valence-corrected chi connectivity index (χ0v) is 7.08. The van der Waals surface area contributed by atoms with Gasteiger partial charge in [-0.3, -0.25) is 4.79 Å². The molecule has 3 nitrogen and oxygen atoms in total. The summed E-state index contributed by atoms with van der Waals surface area (Å²) in [6.07, 6.45) is 4.85. The third kappa shape index (κ3) is 1.38. The lowest BCUT2D eigenvalue weighted by Crippen LogP contribution is -2.10. The fourth-order valence-electron chi connectivity index (χ4n) is 1.05. The van der Waals surface area contributed by atoms with Crippen LogP contribution in [-0.2, 0) is 9.53 Å². The number of hydrogen-bond acceptors (Lipinski definition) is 4. The van der Waals surface area contributed by atoms with Gasteiger partial charge in [-0.15, -0.1) is 11.3 Å². The van der Waals surface area contributed by atoms with E-state index in [1.807, 2.05) is 5.38 Å². The second-order valence-electron chi connectivity index (χ2n) is 2.47. The number of nitrogens with zero attached hydrogens (tertiary/aromatic N) is 1. The lowest BCUT2D eigenvalue weighted by atomic mass is 10.1. The van der Waals surface area contributed by atoms with Crippen molar-refractivity contribution >= 4 is 17.1 Å². The Bertz CT molecular complexity index is 305. The number of hydrogen-bond donors (Lipinski definition) is 0. The van der Waals surface area contributed by atoms with E-state index in [2.05, 4.69) is 4.98 Å². The molecule has 0 bridgehead atoms. The highest BCUT2D eigenvalue weighted by Gasteiger charge is 2.20. The van der Waals surface area contributed by atoms with Crippen molar-refractivity contribution in [1.29, 1.82) is 0 Å². The van der Waals surface area contributed by atoms with E-state index in [0.717, 1.165) is 5.01 Å². The van der Waals surface area contributed by atoms with Crippen molar-refractivity contribution in [3.63, 3.8) is 0 Å². The van der Waals surface area contributed by atoms with Crippen LogP contribution < -0.4 is 0 Å². The number of carbonyl (C=O) groups is 1. The molecule has 0 spiro atoms. The summed E-state index contributed by atoms with van der Waals surface area (Å²) in [6.45, 7) is 0. The molecule has 1 unspecified atom stereocenters. The Balaban J connectivity index is 2.17. The van der Waals surface area contributed by atoms with Crippen LogP contribution in [0.1, 0.15) is 17.5 Å². The molecular weight excluding hydrogens is 174 g/mol. The summed E-state index contributed by atoms with van der Waals surface area (Å²) >= 11 is 1.51. The number of carbonyl (C=O) groups excluding carboxylic acids is 1. The number of thiazole rings is 1. The molecule has 2 rings (SSSR count). The zero-order chi connectivity index (χ0) is 8.39. The SMILES string of the molecule is O=C1C=COC(c2nccs2)C1. The van der Waals surface area contributed by atoms with Crippen molar-refractivity contribution in [2.24, 2.45) is 0 Å². The minimum absolute atomic E-state index is 0.0986. The number of ether oxygens (including phenoxy) is 1. The second-order valence-corrected chi connectivity index (χ2v) is 3.39. The standard InChI is InChI=1S/C8H7NO2S/c10-6-1-3-11-7(5-6)8-9-2-4-12-8/h1-4,7H,5H2. The predicted molar refractivity (Wildman–Crippen MR) is 44.7 cm³/mol. The number of aromatic nitrogens is 1. The van der Waals surface area contributed by atoms with Crippen molar-refractivity contribution in [3.05, 3.63) is 28.9 Å². The Kier molecular flexibility index (Phi) is 1.91. The van der Waals surface area contributed by atoms with Gasteiger partial charge in [0, 0.05) is 17.7 Å². The van der Waals surface area contributed by atoms with Crippen LogP contribution in [0.5, 0.6) is 0 Å². The van der Waals surface area contributed by atoms with Gasteiger partial charge in [0.15, 0.2) is 11.9 Å². The molecule has 0 aliphatic carbocycles. The maximum Gasteiger partial charge on any atom is 0.162 e. The Morgan fingerprint density at radius 2 is 2.58 bits per heavy atom. The smallest absolute Gasteiger partial charge is 0.162 e. The molecule has 12 heavy (non-hydrogen) atoms. The molecule has 0 amide bonds. The third-order valence-electron chi connectivity index (χ3n) is 1.61. The van der Waals surface area contributed by atoms with Crippen LogP contribution >= 0.6 is 11.3 Å². The van der Waals surface area contributed by atoms with Crippen LogP contribution in [0.25, 0.3) is 0 Å². The van der Waals surface area contributed by atoms with Crippen molar-refractivity contribution < 1.29 is 9.53 Å². The highest BCUT2D eigenvalue weighted by atomic mass is 32.1. The van der Waals surface area contributed by atoms with Crippen LogP contribution in [0.3, 0.4) is 0 Å². The molecule has 0 fully saturated rings. The van der Waals surface area contributed by atoms with Gasteiger partial charge in [-0.05, 0) is 0 Å². The summed E-state index contributed by atoms with van der Waals surface area (Å²) in [4.78, 5) is 15.1. The maximum absolute atomic E-state index is 11.0. The Morgan fingerprint density at radius 3 is 3.25 bits per heavy atom. The van der Waals surface area contributed by atoms with Crippen LogP contribution in [-0.4, -0.2) is 10.8 Å². The topological polar surface area (TPSA) is 39.2 Å². The molecular formula is C8H7NO2S. The normalized spacial score (nSPS) is 22.3. The molecule has 62 valence electrons. The van der Waals surface area contributed by atoms with Crippen LogP contribution in [0.15, 0.2) is 23.9 Å². The summed E-state index contributed by atoms with van der Waals surface area (Å²) in [5.41, 5.74) is 0. The molecule has 0 saturated carbocycles. The van der Waals surface area contributed by atoms with Gasteiger partial charge in [0.05, 0.1) is 12.7 Å². The molecule has 1 aliphatic heterocycles. The monoisotopic (exact) mass is 181 g/mol. The van der Waals surface area contributed by atoms with Crippen molar-refractivity contribution in [1.82, 2.24) is 4.98 Å². The minimum atomic E-state index is -0.164. The first-order valence-electron chi connectivity index (χ1n) is 3.60. The van der Waals surface area contributed by atoms with Crippen molar-refractivity contribution in [2.75, 3.05) is 0 Å². The summed E-state index contributed by atoms with van der Waals surface area (Å²) in [5, 5.41) is 2.74. The molecule has 0 radical (unpaired) electrons. The van der Waals surface area contributed by atoms with E-state index in [1.165, 1.54) is 23.7 Å². The summed E-state index contributed by atoms with van der Waals surface area (Å²) < 4.78 is 5.24. The zero-order valence-electron chi connectivity index (χ0n) is 6.27. The quantitative estimate of drug-likeness (QED) is 0.661. The third-order valence-corrected chi connectivity index (χ3v) is 2.48. The molecule has 1 aromatic rings. The van der Waals surface area contributed by atoms with Gasteiger partial charge < -0.3 is 4.74 Å². The van der Waals surface area contributed by atoms with Gasteiger partial charge >= 0.3 is 0 Å². The van der Waals surface area contributed by atoms with Gasteiger partial charge in [0.25, 0.3) is 0 Å². The Labute approximate surface area is 73.7 Å². The molecule has 4 heteroatoms. The van der Waals surface area contributed by atoms with E-state index >= 15 is 0 Å².